The summed E-state index contributed by atoms with van der Waals surface area (Å²) in [5.41, 5.74) is 6.13. The average Bonchev–Trinajstić information content (AvgIpc) is 2.58. The van der Waals surface area contributed by atoms with Crippen molar-refractivity contribution in [3.05, 3.63) is 76.9 Å². The molecule has 0 bridgehead atoms. The second-order valence-electron chi connectivity index (χ2n) is 6.14. The highest BCUT2D eigenvalue weighted by Gasteiger charge is 2.22. The van der Waals surface area contributed by atoms with Gasteiger partial charge in [-0.3, -0.25) is 0 Å². The van der Waals surface area contributed by atoms with E-state index in [-0.39, 0.29) is 5.92 Å². The van der Waals surface area contributed by atoms with E-state index >= 15 is 0 Å². The van der Waals surface area contributed by atoms with Gasteiger partial charge < -0.3 is 4.84 Å². The third-order valence-corrected chi connectivity index (χ3v) is 4.79. The molecule has 2 aromatic carbocycles. The van der Waals surface area contributed by atoms with E-state index < -0.39 is 0 Å². The zero-order valence-electron chi connectivity index (χ0n) is 13.9. The largest absolute Gasteiger partial charge is 0.304 e. The van der Waals surface area contributed by atoms with Crippen LogP contribution in [0.25, 0.3) is 16.3 Å². The number of hydrogen-bond donors (Lipinski definition) is 1. The van der Waals surface area contributed by atoms with Crippen LogP contribution in [0.3, 0.4) is 0 Å². The molecule has 0 spiro atoms. The lowest BCUT2D eigenvalue weighted by Crippen LogP contribution is -2.19. The Morgan fingerprint density at radius 1 is 1.13 bits per heavy atom. The molecule has 2 nitrogen and oxygen atoms in total. The first kappa shape index (κ1) is 15.7. The Hall–Kier alpha value is -2.16. The molecule has 2 N–H and O–H groups in total. The van der Waals surface area contributed by atoms with Gasteiger partial charge >= 0.3 is 0 Å². The number of hydrogen-bond acceptors (Lipinski definition) is 2. The first-order chi connectivity index (χ1) is 11.1. The van der Waals surface area contributed by atoms with Crippen LogP contribution in [-0.4, -0.2) is 6.61 Å². The van der Waals surface area contributed by atoms with Gasteiger partial charge in [-0.1, -0.05) is 53.6 Å². The van der Waals surface area contributed by atoms with Crippen molar-refractivity contribution in [3.63, 3.8) is 0 Å². The molecule has 23 heavy (non-hydrogen) atoms. The molecule has 0 amide bonds. The monoisotopic (exact) mass is 304 g/mol. The maximum atomic E-state index is 5.36. The lowest BCUT2D eigenvalue weighted by Gasteiger charge is -2.25. The molecule has 0 fully saturated rings. The standard InChI is InChI=1S/C21H22NO/c1-14-8-11-20(21(13-23-22)15(14)2)16(3)18-10-9-17-6-4-5-7-19(17)12-18/h4-10,12,21H,13,22H2,1-3H3. The van der Waals surface area contributed by atoms with Crippen molar-refractivity contribution < 1.29 is 4.84 Å². The Bertz CT molecular complexity index is 827. The third-order valence-electron chi connectivity index (χ3n) is 4.79. The predicted octanol–water partition coefficient (Wildman–Crippen LogP) is 4.83. The molecular weight excluding hydrogens is 282 g/mol. The first-order valence-electron chi connectivity index (χ1n) is 7.90. The van der Waals surface area contributed by atoms with Crippen molar-refractivity contribution in [3.8, 4) is 0 Å². The fourth-order valence-electron chi connectivity index (χ4n) is 3.14. The van der Waals surface area contributed by atoms with E-state index in [1.165, 1.54) is 33.1 Å². The Labute approximate surface area is 137 Å². The van der Waals surface area contributed by atoms with Crippen molar-refractivity contribution in [2.45, 2.75) is 20.8 Å². The lowest BCUT2D eigenvalue weighted by atomic mass is 9.81. The number of rotatable bonds is 3. The highest BCUT2D eigenvalue weighted by Crippen LogP contribution is 2.34. The van der Waals surface area contributed by atoms with E-state index in [4.69, 9.17) is 10.7 Å². The van der Waals surface area contributed by atoms with Crippen LogP contribution in [0.1, 0.15) is 26.3 Å². The summed E-state index contributed by atoms with van der Waals surface area (Å²) >= 11 is 0. The van der Waals surface area contributed by atoms with Crippen LogP contribution in [0.5, 0.6) is 0 Å². The number of nitrogens with two attached hydrogens (primary N) is 1. The Morgan fingerprint density at radius 3 is 2.61 bits per heavy atom. The molecule has 0 heterocycles. The van der Waals surface area contributed by atoms with Gasteiger partial charge in [-0.15, -0.1) is 0 Å². The molecule has 1 unspecified atom stereocenters. The Morgan fingerprint density at radius 2 is 1.87 bits per heavy atom. The van der Waals surface area contributed by atoms with Crippen molar-refractivity contribution in [1.29, 1.82) is 0 Å². The fourth-order valence-corrected chi connectivity index (χ4v) is 3.14. The molecule has 1 aliphatic rings. The minimum atomic E-state index is 0.163. The summed E-state index contributed by atoms with van der Waals surface area (Å²) in [6.45, 7) is 6.88. The molecule has 0 aliphatic heterocycles. The summed E-state index contributed by atoms with van der Waals surface area (Å²) in [6.07, 6.45) is 5.50. The van der Waals surface area contributed by atoms with Crippen LogP contribution in [0.15, 0.2) is 65.3 Å². The molecule has 0 aromatic heterocycles. The molecule has 1 atom stereocenters. The summed E-state index contributed by atoms with van der Waals surface area (Å²) in [5, 5.41) is 2.51. The van der Waals surface area contributed by atoms with Crippen LogP contribution in [0.2, 0.25) is 0 Å². The number of allylic oxidation sites excluding steroid dienone is 4. The van der Waals surface area contributed by atoms with E-state index in [1.807, 2.05) is 0 Å². The minimum absolute atomic E-state index is 0.163. The van der Waals surface area contributed by atoms with Gasteiger partial charge in [0.15, 0.2) is 0 Å². The third kappa shape index (κ3) is 3.00. The van der Waals surface area contributed by atoms with Crippen LogP contribution >= 0.6 is 0 Å². The van der Waals surface area contributed by atoms with E-state index in [0.29, 0.717) is 6.61 Å². The smallest absolute Gasteiger partial charge is 0.0785 e. The fraction of sp³-hybridized carbons (Fsp3) is 0.238. The van der Waals surface area contributed by atoms with Crippen molar-refractivity contribution in [1.82, 2.24) is 0 Å². The molecule has 2 heteroatoms. The van der Waals surface area contributed by atoms with Gasteiger partial charge in [0.05, 0.1) is 6.61 Å². The Kier molecular flexibility index (Phi) is 4.46. The van der Waals surface area contributed by atoms with Gasteiger partial charge in [0, 0.05) is 5.92 Å². The molecule has 0 saturated heterocycles. The summed E-state index contributed by atoms with van der Waals surface area (Å²) < 4.78 is 0. The second kappa shape index (κ2) is 6.53. The SMILES string of the molecule is CC1=C(C)C(CON)C(=C(C)c2ccc3ccccc3c2)[C]=C1. The highest BCUT2D eigenvalue weighted by atomic mass is 16.6. The predicted molar refractivity (Wildman–Crippen MR) is 96.4 cm³/mol. The average molecular weight is 304 g/mol. The molecule has 1 aliphatic carbocycles. The molecule has 2 aromatic rings. The van der Waals surface area contributed by atoms with Crippen molar-refractivity contribution >= 4 is 16.3 Å². The zero-order valence-corrected chi connectivity index (χ0v) is 13.9. The summed E-state index contributed by atoms with van der Waals surface area (Å²) in [4.78, 5) is 4.96. The number of fused-ring (bicyclic) bond motifs is 1. The first-order valence-corrected chi connectivity index (χ1v) is 7.90. The second-order valence-corrected chi connectivity index (χ2v) is 6.14. The van der Waals surface area contributed by atoms with Crippen LogP contribution in [0, 0.1) is 12.0 Å². The maximum Gasteiger partial charge on any atom is 0.0785 e. The number of benzene rings is 2. The van der Waals surface area contributed by atoms with Crippen molar-refractivity contribution in [2.75, 3.05) is 6.61 Å². The van der Waals surface area contributed by atoms with Gasteiger partial charge in [0.2, 0.25) is 0 Å². The van der Waals surface area contributed by atoms with Gasteiger partial charge in [0.25, 0.3) is 0 Å². The zero-order chi connectivity index (χ0) is 16.4. The maximum absolute atomic E-state index is 5.36. The highest BCUT2D eigenvalue weighted by molar-refractivity contribution is 5.86. The molecule has 117 valence electrons. The van der Waals surface area contributed by atoms with Gasteiger partial charge in [-0.2, -0.15) is 0 Å². The van der Waals surface area contributed by atoms with Gasteiger partial charge in [0.1, 0.15) is 0 Å². The summed E-state index contributed by atoms with van der Waals surface area (Å²) in [7, 11) is 0. The molecular formula is C21H22NO. The van der Waals surface area contributed by atoms with Crippen molar-refractivity contribution in [2.24, 2.45) is 11.8 Å². The van der Waals surface area contributed by atoms with Crippen LogP contribution < -0.4 is 5.90 Å². The topological polar surface area (TPSA) is 35.2 Å². The van der Waals surface area contributed by atoms with E-state index in [1.54, 1.807) is 0 Å². The van der Waals surface area contributed by atoms with E-state index in [2.05, 4.69) is 75.4 Å². The van der Waals surface area contributed by atoms with Gasteiger partial charge in [-0.25, -0.2) is 5.90 Å². The summed E-state index contributed by atoms with van der Waals surface area (Å²) in [6, 6.07) is 15.0. The molecule has 1 radical (unpaired) electrons. The van der Waals surface area contributed by atoms with Gasteiger partial charge in [-0.05, 0) is 60.4 Å². The molecule has 3 rings (SSSR count). The van der Waals surface area contributed by atoms with E-state index in [0.717, 1.165) is 5.57 Å². The van der Waals surface area contributed by atoms with Crippen LogP contribution in [0.4, 0.5) is 0 Å². The Balaban J connectivity index is 2.09. The molecule has 0 saturated carbocycles. The quantitative estimate of drug-likeness (QED) is 0.824. The van der Waals surface area contributed by atoms with Crippen LogP contribution in [-0.2, 0) is 4.84 Å². The normalized spacial score (nSPS) is 20.3. The van der Waals surface area contributed by atoms with E-state index in [9.17, 15) is 0 Å². The minimum Gasteiger partial charge on any atom is -0.304 e. The summed E-state index contributed by atoms with van der Waals surface area (Å²) in [5.74, 6) is 5.52. The lowest BCUT2D eigenvalue weighted by molar-refractivity contribution is 0.121.